The van der Waals surface area contributed by atoms with E-state index in [9.17, 15) is 18.0 Å². The van der Waals surface area contributed by atoms with Crippen LogP contribution in [0.1, 0.15) is 44.4 Å². The second-order valence-electron chi connectivity index (χ2n) is 8.44. The van der Waals surface area contributed by atoms with E-state index < -0.39 is 23.8 Å². The van der Waals surface area contributed by atoms with Crippen LogP contribution >= 0.6 is 0 Å². The van der Waals surface area contributed by atoms with Crippen LogP contribution < -0.4 is 5.32 Å². The average Bonchev–Trinajstić information content (AvgIpc) is 3.32. The number of nitrogens with zero attached hydrogens (tertiary/aromatic N) is 3. The third kappa shape index (κ3) is 5.91. The first kappa shape index (κ1) is 24.3. The zero-order valence-corrected chi connectivity index (χ0v) is 19.0. The molecule has 6 nitrogen and oxygen atoms in total. The number of H-pyrrole nitrogens is 1. The fraction of sp³-hybridized carbons (Fsp3) is 0.375. The molecule has 2 unspecified atom stereocenters. The molecular formula is C24H28F3N5O. The highest BCUT2D eigenvalue weighted by Gasteiger charge is 2.41. The molecule has 0 spiro atoms. The lowest BCUT2D eigenvalue weighted by atomic mass is 9.98. The van der Waals surface area contributed by atoms with Crippen molar-refractivity contribution in [3.05, 3.63) is 66.0 Å². The number of fused-ring (bicyclic) bond motifs is 1. The molecule has 0 bridgehead atoms. The van der Waals surface area contributed by atoms with Gasteiger partial charge in [-0.15, -0.1) is 0 Å². The second-order valence-corrected chi connectivity index (χ2v) is 8.44. The second kappa shape index (κ2) is 10.1. The number of aliphatic imine (C=N–C) groups is 1. The number of nitrogens with one attached hydrogen (secondary N) is 2. The topological polar surface area (TPSA) is 73.4 Å². The van der Waals surface area contributed by atoms with Gasteiger partial charge in [-0.2, -0.15) is 13.2 Å². The zero-order chi connectivity index (χ0) is 24.2. The average molecular weight is 460 g/mol. The molecule has 3 aromatic rings. The SMILES string of the molecule is CC(C)CC(C)N=C1NC(=O)N(C)C1c1ccccc1C(F)(F)F.c1ccc2[nH]cnc2c1. The maximum absolute atomic E-state index is 13.3. The van der Waals surface area contributed by atoms with Crippen molar-refractivity contribution in [2.75, 3.05) is 7.05 Å². The van der Waals surface area contributed by atoms with Crippen molar-refractivity contribution in [3.8, 4) is 0 Å². The molecular weight excluding hydrogens is 431 g/mol. The van der Waals surface area contributed by atoms with Gasteiger partial charge in [0.25, 0.3) is 0 Å². The highest BCUT2D eigenvalue weighted by molar-refractivity contribution is 6.07. The molecule has 0 aliphatic carbocycles. The first-order valence-corrected chi connectivity index (χ1v) is 10.7. The van der Waals surface area contributed by atoms with E-state index in [4.69, 9.17) is 0 Å². The number of halogens is 3. The largest absolute Gasteiger partial charge is 0.416 e. The minimum Gasteiger partial charge on any atom is -0.345 e. The Kier molecular flexibility index (Phi) is 7.40. The minimum atomic E-state index is -4.49. The molecule has 0 saturated carbocycles. The lowest BCUT2D eigenvalue weighted by Crippen LogP contribution is -2.26. The fourth-order valence-corrected chi connectivity index (χ4v) is 3.87. The molecule has 2 heterocycles. The standard InChI is InChI=1S/C17H22F3N3O.C7H6N2/c1-10(2)9-11(3)21-15-14(23(4)16(24)22-15)12-7-5-6-8-13(12)17(18,19)20;1-2-4-7-6(3-1)8-5-9-7/h5-8,10-11,14H,9H2,1-4H3,(H,21,22,24);1-5H,(H,8,9). The van der Waals surface area contributed by atoms with Crippen LogP contribution in [0.4, 0.5) is 18.0 Å². The molecule has 1 fully saturated rings. The van der Waals surface area contributed by atoms with Gasteiger partial charge in [-0.3, -0.25) is 10.3 Å². The molecule has 2 amide bonds. The molecule has 4 rings (SSSR count). The molecule has 1 aromatic heterocycles. The number of aromatic nitrogens is 2. The number of urea groups is 1. The number of carbonyl (C=O) groups is 1. The molecule has 9 heteroatoms. The third-order valence-electron chi connectivity index (χ3n) is 5.26. The van der Waals surface area contributed by atoms with Crippen LogP contribution in [-0.4, -0.2) is 39.8 Å². The number of amides is 2. The van der Waals surface area contributed by atoms with Crippen molar-refractivity contribution in [2.24, 2.45) is 10.9 Å². The normalized spacial score (nSPS) is 18.4. The first-order chi connectivity index (χ1) is 15.6. The van der Waals surface area contributed by atoms with Gasteiger partial charge in [-0.25, -0.2) is 9.78 Å². The number of rotatable bonds is 4. The van der Waals surface area contributed by atoms with Crippen molar-refractivity contribution in [3.63, 3.8) is 0 Å². The Morgan fingerprint density at radius 2 is 1.76 bits per heavy atom. The van der Waals surface area contributed by atoms with E-state index in [2.05, 4.69) is 20.3 Å². The van der Waals surface area contributed by atoms with Gasteiger partial charge >= 0.3 is 12.2 Å². The Labute approximate surface area is 190 Å². The molecule has 1 saturated heterocycles. The molecule has 176 valence electrons. The highest BCUT2D eigenvalue weighted by atomic mass is 19.4. The van der Waals surface area contributed by atoms with Crippen molar-refractivity contribution in [2.45, 2.75) is 45.5 Å². The van der Waals surface area contributed by atoms with Crippen LogP contribution in [0, 0.1) is 5.92 Å². The summed E-state index contributed by atoms with van der Waals surface area (Å²) in [6, 6.07) is 11.8. The number of alkyl halides is 3. The number of likely N-dealkylation sites (N-methyl/N-ethyl adjacent to an activating group) is 1. The van der Waals surface area contributed by atoms with Gasteiger partial charge in [0, 0.05) is 13.1 Å². The number of para-hydroxylation sites is 2. The number of amidine groups is 1. The van der Waals surface area contributed by atoms with E-state index in [0.717, 1.165) is 23.5 Å². The van der Waals surface area contributed by atoms with Crippen molar-refractivity contribution in [1.29, 1.82) is 0 Å². The number of hydrogen-bond donors (Lipinski definition) is 2. The summed E-state index contributed by atoms with van der Waals surface area (Å²) in [6.45, 7) is 5.99. The summed E-state index contributed by atoms with van der Waals surface area (Å²) in [5.41, 5.74) is 1.40. The lowest BCUT2D eigenvalue weighted by molar-refractivity contribution is -0.138. The number of imidazole rings is 1. The van der Waals surface area contributed by atoms with Gasteiger partial charge in [0.15, 0.2) is 0 Å². The van der Waals surface area contributed by atoms with Crippen molar-refractivity contribution >= 4 is 22.9 Å². The van der Waals surface area contributed by atoms with E-state index in [0.29, 0.717) is 5.92 Å². The van der Waals surface area contributed by atoms with Crippen LogP contribution in [0.5, 0.6) is 0 Å². The molecule has 2 aromatic carbocycles. The van der Waals surface area contributed by atoms with Gasteiger partial charge in [-0.05, 0) is 43.0 Å². The van der Waals surface area contributed by atoms with Gasteiger partial charge in [0.05, 0.1) is 22.9 Å². The summed E-state index contributed by atoms with van der Waals surface area (Å²) in [4.78, 5) is 24.8. The van der Waals surface area contributed by atoms with Gasteiger partial charge < -0.3 is 9.88 Å². The van der Waals surface area contributed by atoms with Gasteiger partial charge in [0.1, 0.15) is 11.9 Å². The summed E-state index contributed by atoms with van der Waals surface area (Å²) in [5, 5.41) is 2.60. The molecule has 2 N–H and O–H groups in total. The summed E-state index contributed by atoms with van der Waals surface area (Å²) in [7, 11) is 1.47. The maximum Gasteiger partial charge on any atom is 0.416 e. The molecule has 2 atom stereocenters. The summed E-state index contributed by atoms with van der Waals surface area (Å²) in [6.07, 6.45) is -2.00. The predicted molar refractivity (Wildman–Crippen MR) is 123 cm³/mol. The lowest BCUT2D eigenvalue weighted by Gasteiger charge is -2.23. The number of hydrogen-bond acceptors (Lipinski definition) is 3. The van der Waals surface area contributed by atoms with Crippen LogP contribution in [0.15, 0.2) is 59.9 Å². The van der Waals surface area contributed by atoms with Crippen LogP contribution in [0.25, 0.3) is 11.0 Å². The minimum absolute atomic E-state index is 0.0290. The Morgan fingerprint density at radius 1 is 1.09 bits per heavy atom. The maximum atomic E-state index is 13.3. The molecule has 0 radical (unpaired) electrons. The third-order valence-corrected chi connectivity index (χ3v) is 5.26. The van der Waals surface area contributed by atoms with Crippen molar-refractivity contribution < 1.29 is 18.0 Å². The van der Waals surface area contributed by atoms with Gasteiger partial charge in [-0.1, -0.05) is 44.2 Å². The quantitative estimate of drug-likeness (QED) is 0.518. The van der Waals surface area contributed by atoms with E-state index in [1.165, 1.54) is 30.1 Å². The van der Waals surface area contributed by atoms with Gasteiger partial charge in [0.2, 0.25) is 0 Å². The summed E-state index contributed by atoms with van der Waals surface area (Å²) in [5.74, 6) is 0.674. The Balaban J connectivity index is 0.000000280. The smallest absolute Gasteiger partial charge is 0.345 e. The van der Waals surface area contributed by atoms with E-state index >= 15 is 0 Å². The number of benzene rings is 2. The molecule has 33 heavy (non-hydrogen) atoms. The van der Waals surface area contributed by atoms with E-state index in [-0.39, 0.29) is 17.4 Å². The molecule has 1 aliphatic heterocycles. The molecule has 1 aliphatic rings. The highest BCUT2D eigenvalue weighted by Crippen LogP contribution is 2.37. The van der Waals surface area contributed by atoms with Crippen molar-refractivity contribution in [1.82, 2.24) is 20.2 Å². The first-order valence-electron chi connectivity index (χ1n) is 10.7. The number of carbonyl (C=O) groups excluding carboxylic acids is 1. The van der Waals surface area contributed by atoms with Crippen LogP contribution in [-0.2, 0) is 6.18 Å². The Morgan fingerprint density at radius 3 is 2.42 bits per heavy atom. The summed E-state index contributed by atoms with van der Waals surface area (Å²) < 4.78 is 40.0. The van der Waals surface area contributed by atoms with Crippen LogP contribution in [0.2, 0.25) is 0 Å². The van der Waals surface area contributed by atoms with E-state index in [1.54, 1.807) is 6.33 Å². The monoisotopic (exact) mass is 459 g/mol. The summed E-state index contributed by atoms with van der Waals surface area (Å²) >= 11 is 0. The zero-order valence-electron chi connectivity index (χ0n) is 19.0. The number of aromatic amines is 1. The van der Waals surface area contributed by atoms with Crippen LogP contribution in [0.3, 0.4) is 0 Å². The predicted octanol–water partition coefficient (Wildman–Crippen LogP) is 5.80. The Bertz CT molecular complexity index is 1090. The van der Waals surface area contributed by atoms with E-state index in [1.807, 2.05) is 45.0 Å². The Hall–Kier alpha value is -3.36. The fourth-order valence-electron chi connectivity index (χ4n) is 3.87.